The first kappa shape index (κ1) is 20.9. The SMILES string of the molecule is COCCn1c(SC(C)C(=O)c2ccc(Cl)cc2)nc2cc(Cl)ccc2c1=O. The second-order valence-corrected chi connectivity index (χ2v) is 8.32. The van der Waals surface area contributed by atoms with Crippen LogP contribution in [0.4, 0.5) is 0 Å². The molecular weight excluding hydrogens is 419 g/mol. The van der Waals surface area contributed by atoms with E-state index in [1.807, 2.05) is 0 Å². The Morgan fingerprint density at radius 3 is 2.54 bits per heavy atom. The van der Waals surface area contributed by atoms with Gasteiger partial charge in [0, 0.05) is 22.7 Å². The normalized spacial score (nSPS) is 12.3. The van der Waals surface area contributed by atoms with Gasteiger partial charge in [-0.25, -0.2) is 4.98 Å². The quantitative estimate of drug-likeness (QED) is 0.304. The number of aromatic nitrogens is 2. The molecule has 0 N–H and O–H groups in total. The van der Waals surface area contributed by atoms with Crippen LogP contribution in [0.15, 0.2) is 52.4 Å². The van der Waals surface area contributed by atoms with E-state index in [0.717, 1.165) is 0 Å². The fourth-order valence-corrected chi connectivity index (χ4v) is 4.01. The first-order valence-corrected chi connectivity index (χ1v) is 10.2. The van der Waals surface area contributed by atoms with Gasteiger partial charge in [-0.1, -0.05) is 35.0 Å². The number of fused-ring (bicyclic) bond motifs is 1. The summed E-state index contributed by atoms with van der Waals surface area (Å²) in [6.45, 7) is 2.48. The first-order valence-electron chi connectivity index (χ1n) is 8.56. The van der Waals surface area contributed by atoms with E-state index < -0.39 is 5.25 Å². The maximum Gasteiger partial charge on any atom is 0.262 e. The number of hydrogen-bond donors (Lipinski definition) is 0. The average molecular weight is 437 g/mol. The number of nitrogens with zero attached hydrogens (tertiary/aromatic N) is 2. The van der Waals surface area contributed by atoms with Gasteiger partial charge in [0.05, 0.1) is 29.3 Å². The van der Waals surface area contributed by atoms with Crippen LogP contribution < -0.4 is 5.56 Å². The molecule has 1 atom stereocenters. The van der Waals surface area contributed by atoms with Crippen LogP contribution in [-0.4, -0.2) is 34.3 Å². The van der Waals surface area contributed by atoms with Gasteiger partial charge >= 0.3 is 0 Å². The average Bonchev–Trinajstić information content (AvgIpc) is 2.67. The highest BCUT2D eigenvalue weighted by Crippen LogP contribution is 2.26. The van der Waals surface area contributed by atoms with Crippen LogP contribution in [-0.2, 0) is 11.3 Å². The molecule has 3 aromatic rings. The summed E-state index contributed by atoms with van der Waals surface area (Å²) >= 11 is 13.2. The van der Waals surface area contributed by atoms with E-state index in [2.05, 4.69) is 4.98 Å². The molecule has 0 fully saturated rings. The molecule has 0 saturated carbocycles. The molecule has 0 amide bonds. The van der Waals surface area contributed by atoms with Crippen molar-refractivity contribution in [2.45, 2.75) is 23.9 Å². The van der Waals surface area contributed by atoms with Crippen molar-refractivity contribution in [1.82, 2.24) is 9.55 Å². The summed E-state index contributed by atoms with van der Waals surface area (Å²) in [6, 6.07) is 11.7. The second kappa shape index (κ2) is 9.09. The molecule has 3 rings (SSSR count). The Bertz CT molecular complexity index is 1070. The fraction of sp³-hybridized carbons (Fsp3) is 0.250. The van der Waals surface area contributed by atoms with Gasteiger partial charge in [0.15, 0.2) is 10.9 Å². The number of halogens is 2. The van der Waals surface area contributed by atoms with Crippen LogP contribution in [0.5, 0.6) is 0 Å². The molecule has 0 saturated heterocycles. The van der Waals surface area contributed by atoms with Crippen molar-refractivity contribution in [1.29, 1.82) is 0 Å². The molecular formula is C20H18Cl2N2O3S. The van der Waals surface area contributed by atoms with Crippen LogP contribution in [0.1, 0.15) is 17.3 Å². The minimum Gasteiger partial charge on any atom is -0.383 e. The van der Waals surface area contributed by atoms with Gasteiger partial charge in [0.1, 0.15) is 0 Å². The Hall–Kier alpha value is -1.86. The lowest BCUT2D eigenvalue weighted by atomic mass is 10.1. The Labute approximate surface area is 176 Å². The van der Waals surface area contributed by atoms with Gasteiger partial charge < -0.3 is 4.74 Å². The standard InChI is InChI=1S/C20H18Cl2N2O3S/c1-12(18(25)13-3-5-14(21)6-4-13)28-20-23-17-11-15(22)7-8-16(17)19(26)24(20)9-10-27-2/h3-8,11-12H,9-10H2,1-2H3. The number of carbonyl (C=O) groups excluding carboxylic acids is 1. The zero-order valence-electron chi connectivity index (χ0n) is 15.3. The van der Waals surface area contributed by atoms with E-state index in [0.29, 0.717) is 44.8 Å². The van der Waals surface area contributed by atoms with Crippen LogP contribution in [0.3, 0.4) is 0 Å². The maximum atomic E-state index is 12.9. The molecule has 1 heterocycles. The summed E-state index contributed by atoms with van der Waals surface area (Å²) in [4.78, 5) is 30.3. The highest BCUT2D eigenvalue weighted by atomic mass is 35.5. The lowest BCUT2D eigenvalue weighted by Gasteiger charge is -2.16. The molecule has 146 valence electrons. The molecule has 1 unspecified atom stereocenters. The number of rotatable bonds is 7. The van der Waals surface area contributed by atoms with E-state index in [1.165, 1.54) is 16.3 Å². The first-order chi connectivity index (χ1) is 13.4. The van der Waals surface area contributed by atoms with E-state index in [4.69, 9.17) is 27.9 Å². The molecule has 1 aromatic heterocycles. The molecule has 2 aromatic carbocycles. The van der Waals surface area contributed by atoms with Gasteiger partial charge in [-0.3, -0.25) is 14.2 Å². The van der Waals surface area contributed by atoms with Crippen molar-refractivity contribution < 1.29 is 9.53 Å². The summed E-state index contributed by atoms with van der Waals surface area (Å²) in [6.07, 6.45) is 0. The Morgan fingerprint density at radius 2 is 1.86 bits per heavy atom. The number of benzene rings is 2. The molecule has 0 aliphatic rings. The summed E-state index contributed by atoms with van der Waals surface area (Å²) < 4.78 is 6.66. The second-order valence-electron chi connectivity index (χ2n) is 6.14. The summed E-state index contributed by atoms with van der Waals surface area (Å²) in [5, 5.41) is 1.54. The predicted octanol–water partition coefficient (Wildman–Crippen LogP) is 4.71. The van der Waals surface area contributed by atoms with Gasteiger partial charge in [0.25, 0.3) is 5.56 Å². The van der Waals surface area contributed by atoms with Crippen molar-refractivity contribution in [2.24, 2.45) is 0 Å². The van der Waals surface area contributed by atoms with E-state index in [1.54, 1.807) is 56.5 Å². The number of carbonyl (C=O) groups is 1. The zero-order chi connectivity index (χ0) is 20.3. The number of ether oxygens (including phenoxy) is 1. The van der Waals surface area contributed by atoms with Gasteiger partial charge in [-0.05, 0) is 49.4 Å². The Balaban J connectivity index is 1.98. The molecule has 0 bridgehead atoms. The van der Waals surface area contributed by atoms with Crippen molar-refractivity contribution in [3.63, 3.8) is 0 Å². The largest absolute Gasteiger partial charge is 0.383 e. The monoisotopic (exact) mass is 436 g/mol. The van der Waals surface area contributed by atoms with Crippen molar-refractivity contribution in [2.75, 3.05) is 13.7 Å². The summed E-state index contributed by atoms with van der Waals surface area (Å²) in [7, 11) is 1.57. The van der Waals surface area contributed by atoms with E-state index >= 15 is 0 Å². The molecule has 0 spiro atoms. The van der Waals surface area contributed by atoms with Gasteiger partial charge in [-0.15, -0.1) is 0 Å². The zero-order valence-corrected chi connectivity index (χ0v) is 17.6. The number of ketones is 1. The Morgan fingerprint density at radius 1 is 1.18 bits per heavy atom. The van der Waals surface area contributed by atoms with Crippen molar-refractivity contribution in [3.8, 4) is 0 Å². The number of methoxy groups -OCH3 is 1. The smallest absolute Gasteiger partial charge is 0.262 e. The summed E-state index contributed by atoms with van der Waals surface area (Å²) in [5.74, 6) is -0.0691. The van der Waals surface area contributed by atoms with Crippen molar-refractivity contribution in [3.05, 3.63) is 68.4 Å². The lowest BCUT2D eigenvalue weighted by molar-refractivity contribution is 0.0994. The van der Waals surface area contributed by atoms with Crippen molar-refractivity contribution >= 4 is 51.6 Å². The van der Waals surface area contributed by atoms with E-state index in [-0.39, 0.29) is 11.3 Å². The van der Waals surface area contributed by atoms with Crippen LogP contribution in [0.25, 0.3) is 10.9 Å². The van der Waals surface area contributed by atoms with Gasteiger partial charge in [-0.2, -0.15) is 0 Å². The minimum absolute atomic E-state index is 0.0691. The summed E-state index contributed by atoms with van der Waals surface area (Å²) in [5.41, 5.74) is 0.867. The predicted molar refractivity (Wildman–Crippen MR) is 114 cm³/mol. The minimum atomic E-state index is -0.446. The molecule has 28 heavy (non-hydrogen) atoms. The third-order valence-corrected chi connectivity index (χ3v) is 5.76. The highest BCUT2D eigenvalue weighted by Gasteiger charge is 2.20. The lowest BCUT2D eigenvalue weighted by Crippen LogP contribution is -2.26. The number of thioether (sulfide) groups is 1. The topological polar surface area (TPSA) is 61.2 Å². The van der Waals surface area contributed by atoms with Crippen LogP contribution in [0, 0.1) is 0 Å². The third-order valence-electron chi connectivity index (χ3n) is 4.18. The molecule has 0 aliphatic carbocycles. The molecule has 0 aliphatic heterocycles. The molecule has 8 heteroatoms. The Kier molecular flexibility index (Phi) is 6.78. The number of Topliss-reactive ketones (excluding diaryl/α,β-unsaturated/α-hetero) is 1. The maximum absolute atomic E-state index is 12.9. The van der Waals surface area contributed by atoms with Gasteiger partial charge in [0.2, 0.25) is 0 Å². The van der Waals surface area contributed by atoms with E-state index in [9.17, 15) is 9.59 Å². The number of hydrogen-bond acceptors (Lipinski definition) is 5. The van der Waals surface area contributed by atoms with Crippen LogP contribution in [0.2, 0.25) is 10.0 Å². The van der Waals surface area contributed by atoms with Crippen LogP contribution >= 0.6 is 35.0 Å². The molecule has 5 nitrogen and oxygen atoms in total. The third kappa shape index (κ3) is 4.58. The molecule has 0 radical (unpaired) electrons. The fourth-order valence-electron chi connectivity index (χ4n) is 2.70. The highest BCUT2D eigenvalue weighted by molar-refractivity contribution is 8.00.